The van der Waals surface area contributed by atoms with Crippen molar-refractivity contribution in [2.45, 2.75) is 18.7 Å². The lowest BCUT2D eigenvalue weighted by Crippen LogP contribution is -2.38. The first-order valence-electron chi connectivity index (χ1n) is 6.65. The van der Waals surface area contributed by atoms with E-state index in [0.29, 0.717) is 26.4 Å². The Balaban J connectivity index is 1.51. The summed E-state index contributed by atoms with van der Waals surface area (Å²) in [6.07, 6.45) is 3.62. The highest BCUT2D eigenvalue weighted by atomic mass is 16.9. The van der Waals surface area contributed by atoms with Crippen LogP contribution in [0, 0.1) is 0 Å². The van der Waals surface area contributed by atoms with Crippen molar-refractivity contribution in [2.75, 3.05) is 26.9 Å². The maximum atomic E-state index is 5.78. The first-order chi connectivity index (χ1) is 9.80. The second-order valence-corrected chi connectivity index (χ2v) is 4.67. The third kappa shape index (κ3) is 3.02. The first-order valence-corrected chi connectivity index (χ1v) is 6.65. The first kappa shape index (κ1) is 13.6. The summed E-state index contributed by atoms with van der Waals surface area (Å²) < 4.78 is 27.3. The second kappa shape index (κ2) is 5.93. The fraction of sp³-hybridized carbons (Fsp3) is 0.467. The van der Waals surface area contributed by atoms with E-state index in [2.05, 4.69) is 0 Å². The van der Waals surface area contributed by atoms with Gasteiger partial charge in [-0.1, -0.05) is 12.1 Å². The van der Waals surface area contributed by atoms with E-state index in [-0.39, 0.29) is 6.10 Å². The molecule has 0 N–H and O–H groups in total. The van der Waals surface area contributed by atoms with Gasteiger partial charge in [0.25, 0.3) is 0 Å². The van der Waals surface area contributed by atoms with Crippen LogP contribution in [-0.2, 0) is 25.6 Å². The van der Waals surface area contributed by atoms with E-state index in [1.54, 1.807) is 13.2 Å². The van der Waals surface area contributed by atoms with Crippen LogP contribution in [0.25, 0.3) is 0 Å². The normalized spacial score (nSPS) is 24.1. The molecule has 20 heavy (non-hydrogen) atoms. The van der Waals surface area contributed by atoms with Gasteiger partial charge < -0.3 is 23.7 Å². The number of rotatable bonds is 4. The van der Waals surface area contributed by atoms with Gasteiger partial charge in [0.05, 0.1) is 39.6 Å². The minimum Gasteiger partial charge on any atom is -0.497 e. The van der Waals surface area contributed by atoms with E-state index >= 15 is 0 Å². The van der Waals surface area contributed by atoms with Gasteiger partial charge in [-0.3, -0.25) is 0 Å². The molecule has 1 fully saturated rings. The number of benzene rings is 1. The maximum Gasteiger partial charge on any atom is 0.305 e. The van der Waals surface area contributed by atoms with E-state index < -0.39 is 5.97 Å². The molecule has 2 heterocycles. The van der Waals surface area contributed by atoms with Crippen molar-refractivity contribution < 1.29 is 23.7 Å². The SMILES string of the molecule is COc1ccc(CO[C@H]2C=CC3(OCCO3)OC2)cc1. The molecule has 1 aromatic carbocycles. The van der Waals surface area contributed by atoms with Gasteiger partial charge in [0.15, 0.2) is 0 Å². The van der Waals surface area contributed by atoms with Crippen molar-refractivity contribution in [3.8, 4) is 5.75 Å². The molecule has 5 nitrogen and oxygen atoms in total. The average molecular weight is 278 g/mol. The van der Waals surface area contributed by atoms with Crippen LogP contribution >= 0.6 is 0 Å². The lowest BCUT2D eigenvalue weighted by Gasteiger charge is -2.29. The summed E-state index contributed by atoms with van der Waals surface area (Å²) in [5, 5.41) is 0. The van der Waals surface area contributed by atoms with Crippen LogP contribution in [0.2, 0.25) is 0 Å². The predicted octanol–water partition coefficient (Wildman–Crippen LogP) is 1.87. The quantitative estimate of drug-likeness (QED) is 0.787. The molecule has 2 aliphatic heterocycles. The minimum atomic E-state index is -0.972. The van der Waals surface area contributed by atoms with Gasteiger partial charge in [0.1, 0.15) is 5.75 Å². The van der Waals surface area contributed by atoms with E-state index in [4.69, 9.17) is 23.7 Å². The van der Waals surface area contributed by atoms with Crippen molar-refractivity contribution in [2.24, 2.45) is 0 Å². The summed E-state index contributed by atoms with van der Waals surface area (Å²) in [5.41, 5.74) is 1.09. The Morgan fingerprint density at radius 2 is 1.90 bits per heavy atom. The molecular formula is C15H18O5. The Kier molecular flexibility index (Phi) is 4.03. The average Bonchev–Trinajstić information content (AvgIpc) is 2.96. The predicted molar refractivity (Wildman–Crippen MR) is 71.3 cm³/mol. The fourth-order valence-electron chi connectivity index (χ4n) is 2.14. The van der Waals surface area contributed by atoms with E-state index in [0.717, 1.165) is 11.3 Å². The van der Waals surface area contributed by atoms with Gasteiger partial charge in [-0.05, 0) is 23.8 Å². The van der Waals surface area contributed by atoms with Crippen LogP contribution in [0.5, 0.6) is 5.75 Å². The van der Waals surface area contributed by atoms with Gasteiger partial charge in [-0.15, -0.1) is 0 Å². The summed E-state index contributed by atoms with van der Waals surface area (Å²) in [7, 11) is 1.65. The van der Waals surface area contributed by atoms with Crippen LogP contribution in [0.4, 0.5) is 0 Å². The molecule has 0 amide bonds. The molecule has 0 saturated carbocycles. The molecule has 108 valence electrons. The Bertz CT molecular complexity index is 462. The van der Waals surface area contributed by atoms with Crippen LogP contribution in [0.1, 0.15) is 5.56 Å². The molecule has 2 aliphatic rings. The third-order valence-electron chi connectivity index (χ3n) is 3.28. The van der Waals surface area contributed by atoms with Gasteiger partial charge in [0.2, 0.25) is 0 Å². The highest BCUT2D eigenvalue weighted by Gasteiger charge is 2.38. The van der Waals surface area contributed by atoms with Crippen LogP contribution in [-0.4, -0.2) is 39.0 Å². The lowest BCUT2D eigenvalue weighted by atomic mass is 10.2. The van der Waals surface area contributed by atoms with Gasteiger partial charge in [-0.25, -0.2) is 0 Å². The monoisotopic (exact) mass is 278 g/mol. The largest absolute Gasteiger partial charge is 0.497 e. The van der Waals surface area contributed by atoms with Crippen LogP contribution in [0.3, 0.4) is 0 Å². The molecule has 0 aliphatic carbocycles. The Morgan fingerprint density at radius 1 is 1.15 bits per heavy atom. The summed E-state index contributed by atoms with van der Waals surface area (Å²) in [6, 6.07) is 7.80. The maximum absolute atomic E-state index is 5.78. The van der Waals surface area contributed by atoms with Crippen molar-refractivity contribution in [3.63, 3.8) is 0 Å². The van der Waals surface area contributed by atoms with E-state index in [1.165, 1.54) is 0 Å². The second-order valence-electron chi connectivity index (χ2n) is 4.67. The molecule has 3 rings (SSSR count). The lowest BCUT2D eigenvalue weighted by molar-refractivity contribution is -0.309. The number of ether oxygens (including phenoxy) is 5. The van der Waals surface area contributed by atoms with Crippen LogP contribution < -0.4 is 4.74 Å². The molecule has 1 aromatic rings. The number of methoxy groups -OCH3 is 1. The molecule has 1 saturated heterocycles. The topological polar surface area (TPSA) is 46.2 Å². The number of hydrogen-bond donors (Lipinski definition) is 0. The number of hydrogen-bond acceptors (Lipinski definition) is 5. The Hall–Kier alpha value is -1.40. The summed E-state index contributed by atoms with van der Waals surface area (Å²) >= 11 is 0. The summed E-state index contributed by atoms with van der Waals surface area (Å²) in [6.45, 7) is 2.06. The highest BCUT2D eigenvalue weighted by Crippen LogP contribution is 2.27. The fourth-order valence-corrected chi connectivity index (χ4v) is 2.14. The zero-order valence-corrected chi connectivity index (χ0v) is 11.4. The molecule has 5 heteroatoms. The zero-order chi connectivity index (χ0) is 13.8. The van der Waals surface area contributed by atoms with Crippen LogP contribution in [0.15, 0.2) is 36.4 Å². The smallest absolute Gasteiger partial charge is 0.305 e. The van der Waals surface area contributed by atoms with Gasteiger partial charge in [-0.2, -0.15) is 0 Å². The van der Waals surface area contributed by atoms with Gasteiger partial charge in [0, 0.05) is 6.08 Å². The molecule has 0 bridgehead atoms. The van der Waals surface area contributed by atoms with Gasteiger partial charge >= 0.3 is 5.97 Å². The van der Waals surface area contributed by atoms with E-state index in [9.17, 15) is 0 Å². The Morgan fingerprint density at radius 3 is 2.50 bits per heavy atom. The summed E-state index contributed by atoms with van der Waals surface area (Å²) in [4.78, 5) is 0. The van der Waals surface area contributed by atoms with Crippen molar-refractivity contribution >= 4 is 0 Å². The zero-order valence-electron chi connectivity index (χ0n) is 11.4. The molecular weight excluding hydrogens is 260 g/mol. The summed E-state index contributed by atoms with van der Waals surface area (Å²) in [5.74, 6) is -0.132. The molecule has 0 radical (unpaired) electrons. The van der Waals surface area contributed by atoms with Crippen molar-refractivity contribution in [1.29, 1.82) is 0 Å². The van der Waals surface area contributed by atoms with E-state index in [1.807, 2.05) is 30.3 Å². The van der Waals surface area contributed by atoms with Crippen molar-refractivity contribution in [1.82, 2.24) is 0 Å². The van der Waals surface area contributed by atoms with Crippen molar-refractivity contribution in [3.05, 3.63) is 42.0 Å². The Labute approximate surface area is 118 Å². The minimum absolute atomic E-state index is 0.0875. The highest BCUT2D eigenvalue weighted by molar-refractivity contribution is 5.26. The molecule has 0 aromatic heterocycles. The third-order valence-corrected chi connectivity index (χ3v) is 3.28. The standard InChI is InChI=1S/C15H18O5/c1-16-13-4-2-12(3-5-13)10-17-14-6-7-15(20-11-14)18-8-9-19-15/h2-7,14H,8-11H2,1H3/t14-/m0/s1. The molecule has 1 spiro atoms. The molecule has 1 atom stereocenters. The molecule has 0 unspecified atom stereocenters.